The highest BCUT2D eigenvalue weighted by molar-refractivity contribution is 5.91. The molecule has 24 heavy (non-hydrogen) atoms. The Morgan fingerprint density at radius 1 is 1.25 bits per heavy atom. The molecule has 1 fully saturated rings. The highest BCUT2D eigenvalue weighted by Crippen LogP contribution is 2.56. The zero-order valence-electron chi connectivity index (χ0n) is 15.6. The first-order valence-corrected chi connectivity index (χ1v) is 10.0. The lowest BCUT2D eigenvalue weighted by atomic mass is 9.53. The van der Waals surface area contributed by atoms with Crippen LogP contribution in [-0.2, 0) is 4.79 Å². The molecular weight excluding hydrogens is 299 g/mol. The maximum Gasteiger partial charge on any atom is 0.155 e. The van der Waals surface area contributed by atoms with E-state index in [4.69, 9.17) is 0 Å². The van der Waals surface area contributed by atoms with E-state index in [1.165, 1.54) is 30.4 Å². The van der Waals surface area contributed by atoms with Crippen LogP contribution in [0.3, 0.4) is 0 Å². The van der Waals surface area contributed by atoms with Gasteiger partial charge in [0.2, 0.25) is 0 Å². The maximum atomic E-state index is 14.3. The number of fused-ring (bicyclic) bond motifs is 1. The summed E-state index contributed by atoms with van der Waals surface area (Å²) < 4.78 is 14.3. The molecule has 0 aromatic carbocycles. The van der Waals surface area contributed by atoms with Crippen molar-refractivity contribution in [2.24, 2.45) is 23.2 Å². The monoisotopic (exact) mass is 332 g/mol. The highest BCUT2D eigenvalue weighted by atomic mass is 19.1. The van der Waals surface area contributed by atoms with Gasteiger partial charge in [-0.05, 0) is 67.8 Å². The predicted octanol–water partition coefficient (Wildman–Crippen LogP) is 6.19. The van der Waals surface area contributed by atoms with Crippen LogP contribution in [0.1, 0.15) is 78.6 Å². The van der Waals surface area contributed by atoms with E-state index < -0.39 is 6.17 Å². The topological polar surface area (TPSA) is 17.1 Å². The largest absolute Gasteiger partial charge is 0.295 e. The number of alkyl halides is 1. The summed E-state index contributed by atoms with van der Waals surface area (Å²) >= 11 is 0. The fraction of sp³-hybridized carbons (Fsp3) is 0.773. The minimum atomic E-state index is -0.766. The van der Waals surface area contributed by atoms with Crippen molar-refractivity contribution < 1.29 is 9.18 Å². The molecule has 0 aromatic heterocycles. The van der Waals surface area contributed by atoms with Crippen LogP contribution in [0.25, 0.3) is 0 Å². The molecule has 3 aliphatic carbocycles. The first-order chi connectivity index (χ1) is 11.5. The van der Waals surface area contributed by atoms with Crippen LogP contribution in [0.4, 0.5) is 4.39 Å². The molecule has 1 saturated carbocycles. The molecule has 0 spiro atoms. The van der Waals surface area contributed by atoms with Gasteiger partial charge in [-0.15, -0.1) is 0 Å². The van der Waals surface area contributed by atoms with Gasteiger partial charge in [0, 0.05) is 6.42 Å². The number of rotatable bonds is 4. The Balaban J connectivity index is 1.91. The van der Waals surface area contributed by atoms with E-state index in [9.17, 15) is 9.18 Å². The smallest absolute Gasteiger partial charge is 0.155 e. The van der Waals surface area contributed by atoms with Gasteiger partial charge in [0.05, 0.1) is 0 Å². The first kappa shape index (κ1) is 17.9. The van der Waals surface area contributed by atoms with Gasteiger partial charge in [-0.2, -0.15) is 0 Å². The van der Waals surface area contributed by atoms with Crippen molar-refractivity contribution >= 4 is 5.78 Å². The second kappa shape index (κ2) is 7.14. The first-order valence-electron chi connectivity index (χ1n) is 10.0. The molecule has 1 nitrogen and oxygen atoms in total. The van der Waals surface area contributed by atoms with Gasteiger partial charge in [-0.25, -0.2) is 4.39 Å². The molecule has 0 saturated heterocycles. The molecule has 5 atom stereocenters. The summed E-state index contributed by atoms with van der Waals surface area (Å²) in [4.78, 5) is 11.9. The third kappa shape index (κ3) is 3.26. The van der Waals surface area contributed by atoms with Gasteiger partial charge < -0.3 is 0 Å². The van der Waals surface area contributed by atoms with E-state index in [2.05, 4.69) is 13.8 Å². The van der Waals surface area contributed by atoms with Crippen LogP contribution in [-0.4, -0.2) is 12.0 Å². The van der Waals surface area contributed by atoms with Crippen molar-refractivity contribution in [3.05, 3.63) is 23.3 Å². The number of hydrogen-bond acceptors (Lipinski definition) is 1. The lowest BCUT2D eigenvalue weighted by molar-refractivity contribution is -0.116. The van der Waals surface area contributed by atoms with E-state index in [0.29, 0.717) is 24.0 Å². The van der Waals surface area contributed by atoms with E-state index in [-0.39, 0.29) is 11.3 Å². The molecule has 0 aromatic rings. The molecule has 0 N–H and O–H groups in total. The average Bonchev–Trinajstić information content (AvgIpc) is 2.56. The van der Waals surface area contributed by atoms with Crippen molar-refractivity contribution in [3.63, 3.8) is 0 Å². The molecule has 134 valence electrons. The van der Waals surface area contributed by atoms with Crippen LogP contribution in [0.5, 0.6) is 0 Å². The summed E-state index contributed by atoms with van der Waals surface area (Å²) in [5, 5.41) is 0. The number of ketones is 1. The minimum absolute atomic E-state index is 0.154. The van der Waals surface area contributed by atoms with Gasteiger partial charge >= 0.3 is 0 Å². The molecule has 0 heterocycles. The molecule has 0 bridgehead atoms. The fourth-order valence-electron chi connectivity index (χ4n) is 5.41. The Labute approximate surface area is 146 Å². The predicted molar refractivity (Wildman–Crippen MR) is 97.5 cm³/mol. The normalized spacial score (nSPS) is 39.9. The standard InChI is InChI=1S/C22H33FO/c1-4-5-6-20-19(16-8-7-15(2)21(23)13-16)10-9-17-14-18(24)11-12-22(17,20)3/h13-15,19-21H,4-12H2,1-3H3/t15?,19?,20?,21-,22?/m1/s1. The number of unbranched alkanes of at least 4 members (excludes halogenated alkanes) is 1. The van der Waals surface area contributed by atoms with Crippen LogP contribution >= 0.6 is 0 Å². The molecule has 3 aliphatic rings. The molecule has 3 rings (SSSR count). The summed E-state index contributed by atoms with van der Waals surface area (Å²) in [5.74, 6) is 1.59. The van der Waals surface area contributed by atoms with Gasteiger partial charge in [0.1, 0.15) is 6.17 Å². The third-order valence-electron chi connectivity index (χ3n) is 7.14. The molecule has 0 aliphatic heterocycles. The van der Waals surface area contributed by atoms with Crippen molar-refractivity contribution in [1.82, 2.24) is 0 Å². The molecule has 0 amide bonds. The Morgan fingerprint density at radius 3 is 2.75 bits per heavy atom. The molecular formula is C22H33FO. The SMILES string of the molecule is CCCCC1C(C2=C[C@@H](F)C(C)CC2)CCC2=CC(=O)CCC21C. The van der Waals surface area contributed by atoms with Gasteiger partial charge in [-0.3, -0.25) is 4.79 Å². The quantitative estimate of drug-likeness (QED) is 0.561. The van der Waals surface area contributed by atoms with Crippen LogP contribution in [0.15, 0.2) is 23.3 Å². The average molecular weight is 333 g/mol. The summed E-state index contributed by atoms with van der Waals surface area (Å²) in [6, 6.07) is 0. The number of carbonyl (C=O) groups is 1. The second-order valence-electron chi connectivity index (χ2n) is 8.65. The van der Waals surface area contributed by atoms with Crippen molar-refractivity contribution in [3.8, 4) is 0 Å². The van der Waals surface area contributed by atoms with E-state index in [1.807, 2.05) is 19.1 Å². The number of halogens is 1. The number of hydrogen-bond donors (Lipinski definition) is 0. The third-order valence-corrected chi connectivity index (χ3v) is 7.14. The zero-order valence-corrected chi connectivity index (χ0v) is 15.6. The summed E-state index contributed by atoms with van der Waals surface area (Å²) in [5.41, 5.74) is 2.93. The molecule has 2 heteroatoms. The Hall–Kier alpha value is -0.920. The van der Waals surface area contributed by atoms with Gasteiger partial charge in [0.25, 0.3) is 0 Å². The Kier molecular flexibility index (Phi) is 5.32. The molecule has 0 radical (unpaired) electrons. The number of allylic oxidation sites excluding steroid dienone is 4. The van der Waals surface area contributed by atoms with E-state index in [1.54, 1.807) is 0 Å². The zero-order chi connectivity index (χ0) is 17.3. The maximum absolute atomic E-state index is 14.3. The van der Waals surface area contributed by atoms with Crippen LogP contribution in [0.2, 0.25) is 0 Å². The highest BCUT2D eigenvalue weighted by Gasteiger charge is 2.47. The van der Waals surface area contributed by atoms with E-state index in [0.717, 1.165) is 32.1 Å². The fourth-order valence-corrected chi connectivity index (χ4v) is 5.41. The molecule has 4 unspecified atom stereocenters. The van der Waals surface area contributed by atoms with Crippen LogP contribution in [0, 0.1) is 23.2 Å². The van der Waals surface area contributed by atoms with Crippen molar-refractivity contribution in [2.45, 2.75) is 84.7 Å². The number of carbonyl (C=O) groups excluding carboxylic acids is 1. The minimum Gasteiger partial charge on any atom is -0.295 e. The Bertz CT molecular complexity index is 546. The van der Waals surface area contributed by atoms with Gasteiger partial charge in [-0.1, -0.05) is 50.8 Å². The Morgan fingerprint density at radius 2 is 2.04 bits per heavy atom. The summed E-state index contributed by atoms with van der Waals surface area (Å²) in [6.07, 6.45) is 12.7. The van der Waals surface area contributed by atoms with Crippen molar-refractivity contribution in [1.29, 1.82) is 0 Å². The van der Waals surface area contributed by atoms with Crippen LogP contribution < -0.4 is 0 Å². The van der Waals surface area contributed by atoms with Crippen molar-refractivity contribution in [2.75, 3.05) is 0 Å². The van der Waals surface area contributed by atoms with E-state index >= 15 is 0 Å². The lowest BCUT2D eigenvalue weighted by Gasteiger charge is -2.51. The summed E-state index contributed by atoms with van der Waals surface area (Å²) in [7, 11) is 0. The summed E-state index contributed by atoms with van der Waals surface area (Å²) in [6.45, 7) is 6.67. The van der Waals surface area contributed by atoms with Gasteiger partial charge in [0.15, 0.2) is 5.78 Å². The second-order valence-corrected chi connectivity index (χ2v) is 8.65. The lowest BCUT2D eigenvalue weighted by Crippen LogP contribution is -2.42.